The number of halogens is 4. The van der Waals surface area contributed by atoms with Gasteiger partial charge in [0.25, 0.3) is 0 Å². The van der Waals surface area contributed by atoms with Crippen LogP contribution in [-0.4, -0.2) is 19.6 Å². The number of aliphatic imine (C=N–C) groups is 1. The third kappa shape index (κ3) is 7.20. The van der Waals surface area contributed by atoms with Crippen LogP contribution in [0.25, 0.3) is 0 Å². The Hall–Kier alpha value is -1.97. The van der Waals surface area contributed by atoms with Crippen LogP contribution in [0, 0.1) is 5.82 Å². The molecule has 0 unspecified atom stereocenters. The molecule has 2 rings (SSSR count). The Kier molecular flexibility index (Phi) is 9.11. The van der Waals surface area contributed by atoms with Gasteiger partial charge in [0.1, 0.15) is 11.6 Å². The van der Waals surface area contributed by atoms with Gasteiger partial charge in [-0.05, 0) is 23.8 Å². The largest absolute Gasteiger partial charge is 0.434 e. The first-order chi connectivity index (χ1) is 11.6. The van der Waals surface area contributed by atoms with E-state index >= 15 is 0 Å². The minimum Gasteiger partial charge on any atom is -0.434 e. The molecule has 0 aliphatic heterocycles. The number of guanidine groups is 1. The number of para-hydroxylation sites is 1. The van der Waals surface area contributed by atoms with Gasteiger partial charge in [0.2, 0.25) is 0 Å². The van der Waals surface area contributed by atoms with E-state index in [1.54, 1.807) is 37.4 Å². The van der Waals surface area contributed by atoms with Crippen LogP contribution in [0.3, 0.4) is 0 Å². The number of hydrogen-bond acceptors (Lipinski definition) is 2. The fourth-order valence-corrected chi connectivity index (χ4v) is 2.09. The summed E-state index contributed by atoms with van der Waals surface area (Å²) in [6, 6.07) is 12.7. The number of hydrogen-bond donors (Lipinski definition) is 2. The summed E-state index contributed by atoms with van der Waals surface area (Å²) in [6.07, 6.45) is 0. The van der Waals surface area contributed by atoms with Crippen LogP contribution in [0.2, 0.25) is 0 Å². The minimum atomic E-state index is -2.88. The molecule has 0 saturated heterocycles. The van der Waals surface area contributed by atoms with Gasteiger partial charge >= 0.3 is 6.61 Å². The molecule has 2 aromatic rings. The predicted molar refractivity (Wildman–Crippen MR) is 102 cm³/mol. The molecule has 0 saturated carbocycles. The van der Waals surface area contributed by atoms with Gasteiger partial charge in [-0.15, -0.1) is 24.0 Å². The fourth-order valence-electron chi connectivity index (χ4n) is 2.09. The van der Waals surface area contributed by atoms with Crippen molar-refractivity contribution in [2.45, 2.75) is 19.7 Å². The maximum absolute atomic E-state index is 13.1. The van der Waals surface area contributed by atoms with Gasteiger partial charge in [0.05, 0.1) is 0 Å². The van der Waals surface area contributed by atoms with Crippen LogP contribution >= 0.6 is 24.0 Å². The highest BCUT2D eigenvalue weighted by atomic mass is 127. The second-order valence-electron chi connectivity index (χ2n) is 4.90. The summed E-state index contributed by atoms with van der Waals surface area (Å²) < 4.78 is 42.4. The summed E-state index contributed by atoms with van der Waals surface area (Å²) in [5.74, 6) is 0.266. The summed E-state index contributed by atoms with van der Waals surface area (Å²) in [5.41, 5.74) is 1.34. The molecule has 2 aromatic carbocycles. The van der Waals surface area contributed by atoms with E-state index < -0.39 is 6.61 Å². The van der Waals surface area contributed by atoms with E-state index in [1.807, 2.05) is 0 Å². The van der Waals surface area contributed by atoms with Crippen molar-refractivity contribution in [1.29, 1.82) is 0 Å². The maximum Gasteiger partial charge on any atom is 0.387 e. The number of nitrogens with one attached hydrogen (secondary N) is 2. The van der Waals surface area contributed by atoms with E-state index in [1.165, 1.54) is 18.2 Å². The summed E-state index contributed by atoms with van der Waals surface area (Å²) in [5, 5.41) is 6.03. The summed E-state index contributed by atoms with van der Waals surface area (Å²) >= 11 is 0. The minimum absolute atomic E-state index is 0. The highest BCUT2D eigenvalue weighted by Crippen LogP contribution is 2.19. The van der Waals surface area contributed by atoms with E-state index in [-0.39, 0.29) is 42.1 Å². The van der Waals surface area contributed by atoms with E-state index in [0.717, 1.165) is 5.56 Å². The Morgan fingerprint density at radius 3 is 2.48 bits per heavy atom. The molecular formula is C17H19F3IN3O. The predicted octanol–water partition coefficient (Wildman–Crippen LogP) is 3.91. The third-order valence-corrected chi connectivity index (χ3v) is 3.21. The van der Waals surface area contributed by atoms with Crippen molar-refractivity contribution < 1.29 is 17.9 Å². The molecule has 0 radical (unpaired) electrons. The number of ether oxygens (including phenoxy) is 1. The zero-order valence-electron chi connectivity index (χ0n) is 13.5. The van der Waals surface area contributed by atoms with Crippen molar-refractivity contribution in [3.63, 3.8) is 0 Å². The molecule has 136 valence electrons. The molecule has 0 spiro atoms. The molecule has 0 heterocycles. The van der Waals surface area contributed by atoms with Crippen LogP contribution in [0.5, 0.6) is 5.75 Å². The number of rotatable bonds is 6. The van der Waals surface area contributed by atoms with Gasteiger partial charge in [-0.3, -0.25) is 4.99 Å². The van der Waals surface area contributed by atoms with Crippen LogP contribution in [0.4, 0.5) is 13.2 Å². The highest BCUT2D eigenvalue weighted by Gasteiger charge is 2.09. The van der Waals surface area contributed by atoms with Gasteiger partial charge in [-0.1, -0.05) is 30.3 Å². The van der Waals surface area contributed by atoms with Crippen LogP contribution in [0.15, 0.2) is 53.5 Å². The van der Waals surface area contributed by atoms with Gasteiger partial charge in [-0.25, -0.2) is 4.39 Å². The van der Waals surface area contributed by atoms with Gasteiger partial charge in [-0.2, -0.15) is 8.78 Å². The van der Waals surface area contributed by atoms with Crippen molar-refractivity contribution >= 4 is 29.9 Å². The Labute approximate surface area is 161 Å². The Morgan fingerprint density at radius 1 is 1.08 bits per heavy atom. The van der Waals surface area contributed by atoms with Gasteiger partial charge in [0.15, 0.2) is 5.96 Å². The second-order valence-corrected chi connectivity index (χ2v) is 4.90. The number of nitrogens with zero attached hydrogens (tertiary/aromatic N) is 1. The summed E-state index contributed by atoms with van der Waals surface area (Å²) in [7, 11) is 1.59. The van der Waals surface area contributed by atoms with E-state index in [9.17, 15) is 13.2 Å². The lowest BCUT2D eigenvalue weighted by atomic mass is 10.2. The van der Waals surface area contributed by atoms with Crippen molar-refractivity contribution in [2.75, 3.05) is 7.05 Å². The molecule has 0 aromatic heterocycles. The molecule has 0 aliphatic carbocycles. The summed E-state index contributed by atoms with van der Waals surface area (Å²) in [4.78, 5) is 4.04. The van der Waals surface area contributed by atoms with Gasteiger partial charge in [0, 0.05) is 25.7 Å². The standard InChI is InChI=1S/C17H18F3N3O.HI/c1-21-17(22-10-12-5-4-7-14(18)9-12)23-11-13-6-2-3-8-15(13)24-16(19)20;/h2-9,16H,10-11H2,1H3,(H2,21,22,23);1H. The second kappa shape index (κ2) is 10.8. The van der Waals surface area contributed by atoms with Gasteiger partial charge < -0.3 is 15.4 Å². The fraction of sp³-hybridized carbons (Fsp3) is 0.235. The summed E-state index contributed by atoms with van der Waals surface area (Å²) in [6.45, 7) is -2.24. The zero-order chi connectivity index (χ0) is 17.4. The van der Waals surface area contributed by atoms with E-state index in [4.69, 9.17) is 0 Å². The molecule has 4 nitrogen and oxygen atoms in total. The average Bonchev–Trinajstić information content (AvgIpc) is 2.56. The Morgan fingerprint density at radius 2 is 1.80 bits per heavy atom. The first kappa shape index (κ1) is 21.1. The zero-order valence-corrected chi connectivity index (χ0v) is 15.8. The number of alkyl halides is 2. The molecular weight excluding hydrogens is 446 g/mol. The Bertz CT molecular complexity index is 698. The highest BCUT2D eigenvalue weighted by molar-refractivity contribution is 14.0. The van der Waals surface area contributed by atoms with Crippen LogP contribution in [0.1, 0.15) is 11.1 Å². The lowest BCUT2D eigenvalue weighted by Crippen LogP contribution is -2.36. The molecule has 0 fully saturated rings. The van der Waals surface area contributed by atoms with Crippen molar-refractivity contribution in [2.24, 2.45) is 4.99 Å². The molecule has 25 heavy (non-hydrogen) atoms. The normalized spacial score (nSPS) is 11.0. The molecule has 8 heteroatoms. The van der Waals surface area contributed by atoms with Crippen LogP contribution < -0.4 is 15.4 Å². The quantitative estimate of drug-likeness (QED) is 0.387. The van der Waals surface area contributed by atoms with E-state index in [0.29, 0.717) is 18.1 Å². The lowest BCUT2D eigenvalue weighted by Gasteiger charge is -2.14. The molecule has 0 amide bonds. The Balaban J connectivity index is 0.00000312. The van der Waals surface area contributed by atoms with Crippen molar-refractivity contribution in [3.8, 4) is 5.75 Å². The molecule has 0 bridgehead atoms. The smallest absolute Gasteiger partial charge is 0.387 e. The topological polar surface area (TPSA) is 45.7 Å². The molecule has 0 atom stereocenters. The SMILES string of the molecule is CN=C(NCc1cccc(F)c1)NCc1ccccc1OC(F)F.I. The third-order valence-electron chi connectivity index (χ3n) is 3.21. The average molecular weight is 465 g/mol. The van der Waals surface area contributed by atoms with Crippen molar-refractivity contribution in [1.82, 2.24) is 10.6 Å². The lowest BCUT2D eigenvalue weighted by molar-refractivity contribution is -0.0504. The first-order valence-electron chi connectivity index (χ1n) is 7.30. The van der Waals surface area contributed by atoms with E-state index in [2.05, 4.69) is 20.4 Å². The number of benzene rings is 2. The first-order valence-corrected chi connectivity index (χ1v) is 7.30. The monoisotopic (exact) mass is 465 g/mol. The van der Waals surface area contributed by atoms with Crippen LogP contribution in [-0.2, 0) is 13.1 Å². The molecule has 2 N–H and O–H groups in total. The van der Waals surface area contributed by atoms with Crippen molar-refractivity contribution in [3.05, 3.63) is 65.5 Å². The maximum atomic E-state index is 13.1. The molecule has 0 aliphatic rings.